The van der Waals surface area contributed by atoms with Gasteiger partial charge >= 0.3 is 249 Å². The van der Waals surface area contributed by atoms with Crippen LogP contribution in [0.2, 0.25) is 13.1 Å². The molecule has 0 spiro atoms. The maximum atomic E-state index is 8.45. The van der Waals surface area contributed by atoms with Crippen LogP contribution in [0, 0.1) is 13.8 Å². The molecule has 2 atom stereocenters. The van der Waals surface area contributed by atoms with Crippen LogP contribution in [0.5, 0.6) is 0 Å². The quantitative estimate of drug-likeness (QED) is 0.199. The average molecular weight is 662 g/mol. The van der Waals surface area contributed by atoms with Crippen LogP contribution >= 0.6 is 17.0 Å². The van der Waals surface area contributed by atoms with Crippen LogP contribution in [0.15, 0.2) is 84.2 Å². The summed E-state index contributed by atoms with van der Waals surface area (Å²) in [6, 6.07) is 21.1. The molecule has 0 fully saturated rings. The van der Waals surface area contributed by atoms with Crippen molar-refractivity contribution in [2.75, 3.05) is 0 Å². The number of hydrogen-bond donors (Lipinski definition) is 0. The van der Waals surface area contributed by atoms with Crippen LogP contribution < -0.4 is 0 Å². The van der Waals surface area contributed by atoms with Crippen molar-refractivity contribution >= 4 is 35.1 Å². The van der Waals surface area contributed by atoms with E-state index in [0.717, 1.165) is 22.5 Å². The normalized spacial score (nSPS) is 19.1. The summed E-state index contributed by atoms with van der Waals surface area (Å²) < 4.78 is 0.125. The number of pyridine rings is 2. The van der Waals surface area contributed by atoms with E-state index in [1.54, 1.807) is 0 Å². The molecule has 40 heavy (non-hydrogen) atoms. The van der Waals surface area contributed by atoms with Gasteiger partial charge in [-0.25, -0.2) is 0 Å². The number of rotatable bonds is 5. The first-order valence-electron chi connectivity index (χ1n) is 14.1. The molecule has 4 aromatic rings. The van der Waals surface area contributed by atoms with Gasteiger partial charge in [-0.05, 0) is 0 Å². The van der Waals surface area contributed by atoms with Crippen molar-refractivity contribution in [1.29, 1.82) is 0 Å². The SMILES string of the molecule is CC1=Cc2c(-c3ccccn3)ccc(C)c2[CH]1[Zr]([Cl])([Cl])([CH]1C(C)=Cc2c(-c3ccccn3)ccc(C)c21)[SiH](C)C. The van der Waals surface area contributed by atoms with Gasteiger partial charge in [0.2, 0.25) is 0 Å². The third-order valence-corrected chi connectivity index (χ3v) is 61.5. The summed E-state index contributed by atoms with van der Waals surface area (Å²) in [5, 5.41) is 0. The van der Waals surface area contributed by atoms with E-state index >= 15 is 0 Å². The van der Waals surface area contributed by atoms with Gasteiger partial charge in [-0.15, -0.1) is 0 Å². The molecule has 0 N–H and O–H groups in total. The molecule has 2 aliphatic carbocycles. The number of halogens is 2. The van der Waals surface area contributed by atoms with Gasteiger partial charge in [0.1, 0.15) is 0 Å². The third-order valence-electron chi connectivity index (χ3n) is 9.33. The molecular weight excluding hydrogens is 627 g/mol. The van der Waals surface area contributed by atoms with Crippen LogP contribution in [-0.4, -0.2) is 15.9 Å². The molecule has 203 valence electrons. The molecule has 0 amide bonds. The van der Waals surface area contributed by atoms with Gasteiger partial charge in [0, 0.05) is 0 Å². The standard InChI is InChI=1S/2C16H14N.C2H7Si.2ClH.Zr/c2*1-11-9-14-12(2)6-7-13(15(14)10-11)16-5-3-4-8-17-16;1-3-2;;;/h2*3-10H,1-2H3;3H,1-2H3;2*1H;/q;;;;;+2/p-2. The van der Waals surface area contributed by atoms with E-state index < -0.39 is 21.5 Å². The predicted molar refractivity (Wildman–Crippen MR) is 172 cm³/mol. The number of aromatic nitrogens is 2. The number of aryl methyl sites for hydroxylation is 2. The molecular formula is C34H35Cl2N2SiZr. The summed E-state index contributed by atoms with van der Waals surface area (Å²) in [6.45, 7) is 13.8. The van der Waals surface area contributed by atoms with E-state index in [4.69, 9.17) is 27.0 Å². The summed E-state index contributed by atoms with van der Waals surface area (Å²) in [4.78, 5) is 9.41. The first-order valence-corrected chi connectivity index (χ1v) is 30.4. The van der Waals surface area contributed by atoms with Gasteiger partial charge in [0.05, 0.1) is 0 Å². The van der Waals surface area contributed by atoms with Crippen molar-refractivity contribution in [3.63, 3.8) is 0 Å². The van der Waals surface area contributed by atoms with Gasteiger partial charge in [0.25, 0.3) is 0 Å². The molecule has 2 unspecified atom stereocenters. The van der Waals surface area contributed by atoms with Gasteiger partial charge in [0.15, 0.2) is 0 Å². The van der Waals surface area contributed by atoms with Crippen LogP contribution in [0.25, 0.3) is 34.7 Å². The number of allylic oxidation sites excluding steroid dienone is 2. The molecule has 6 heteroatoms. The number of benzene rings is 2. The number of hydrogen-bond acceptors (Lipinski definition) is 2. The van der Waals surface area contributed by atoms with Crippen molar-refractivity contribution < 1.29 is 15.6 Å². The molecule has 2 aliphatic rings. The van der Waals surface area contributed by atoms with Gasteiger partial charge in [-0.1, -0.05) is 0 Å². The Hall–Kier alpha value is -2.10. The Balaban J connectivity index is 1.61. The zero-order valence-corrected chi connectivity index (χ0v) is 29.1. The summed E-state index contributed by atoms with van der Waals surface area (Å²) in [7, 11) is 16.9. The second kappa shape index (κ2) is 10.0. The number of nitrogens with zero attached hydrogens (tertiary/aromatic N) is 2. The van der Waals surface area contributed by atoms with Crippen LogP contribution in [0.3, 0.4) is 0 Å². The van der Waals surface area contributed by atoms with E-state index in [1.807, 2.05) is 24.5 Å². The summed E-state index contributed by atoms with van der Waals surface area (Å²) in [5.41, 5.74) is 14.6. The van der Waals surface area contributed by atoms with Gasteiger partial charge < -0.3 is 0 Å². The van der Waals surface area contributed by atoms with Crippen molar-refractivity contribution in [3.8, 4) is 22.5 Å². The molecule has 2 nitrogen and oxygen atoms in total. The first kappa shape index (κ1) is 28.0. The van der Waals surface area contributed by atoms with Crippen molar-refractivity contribution in [1.82, 2.24) is 9.97 Å². The second-order valence-corrected chi connectivity index (χ2v) is 54.5. The minimum atomic E-state index is -4.76. The molecule has 0 aliphatic heterocycles. The Morgan fingerprint density at radius 2 is 1.05 bits per heavy atom. The van der Waals surface area contributed by atoms with E-state index in [0.29, 0.717) is 0 Å². The van der Waals surface area contributed by atoms with Crippen LogP contribution in [0.1, 0.15) is 54.5 Å². The molecule has 0 bridgehead atoms. The second-order valence-electron chi connectivity index (χ2n) is 12.0. The van der Waals surface area contributed by atoms with Gasteiger partial charge in [-0.2, -0.15) is 0 Å². The Bertz CT molecular complexity index is 1590. The summed E-state index contributed by atoms with van der Waals surface area (Å²) in [5.74, 6) is -1.61. The molecule has 6 rings (SSSR count). The zero-order valence-electron chi connectivity index (χ0n) is 24.0. The monoisotopic (exact) mass is 659 g/mol. The molecule has 0 saturated heterocycles. The topological polar surface area (TPSA) is 25.8 Å². The Morgan fingerprint density at radius 1 is 0.625 bits per heavy atom. The Labute approximate surface area is 247 Å². The fourth-order valence-corrected chi connectivity index (χ4v) is 40.4. The fourth-order valence-electron chi connectivity index (χ4n) is 7.39. The summed E-state index contributed by atoms with van der Waals surface area (Å²) >= 11 is -4.76. The molecule has 0 radical (unpaired) electrons. The van der Waals surface area contributed by atoms with Gasteiger partial charge in [-0.3, -0.25) is 0 Å². The molecule has 0 saturated carbocycles. The molecule has 2 heterocycles. The maximum absolute atomic E-state index is 8.45. The van der Waals surface area contributed by atoms with Crippen LogP contribution in [-0.2, 0) is 15.6 Å². The van der Waals surface area contributed by atoms with Crippen molar-refractivity contribution in [2.45, 2.75) is 48.0 Å². The van der Waals surface area contributed by atoms with E-state index in [9.17, 15) is 0 Å². The fraction of sp³-hybridized carbons (Fsp3) is 0.235. The van der Waals surface area contributed by atoms with E-state index in [2.05, 4.69) is 101 Å². The van der Waals surface area contributed by atoms with Crippen molar-refractivity contribution in [3.05, 3.63) is 118 Å². The average Bonchev–Trinajstić information content (AvgIpc) is 3.49. The van der Waals surface area contributed by atoms with Crippen molar-refractivity contribution in [2.24, 2.45) is 0 Å². The zero-order chi connectivity index (χ0) is 28.4. The molecule has 2 aromatic heterocycles. The minimum absolute atomic E-state index is 0.0623. The Morgan fingerprint density at radius 3 is 1.40 bits per heavy atom. The first-order chi connectivity index (χ1) is 19.0. The van der Waals surface area contributed by atoms with Crippen LogP contribution in [0.4, 0.5) is 0 Å². The third kappa shape index (κ3) is 4.05. The summed E-state index contributed by atoms with van der Waals surface area (Å²) in [6.07, 6.45) is 8.45. The van der Waals surface area contributed by atoms with E-state index in [-0.39, 0.29) is 7.25 Å². The predicted octanol–water partition coefficient (Wildman–Crippen LogP) is 10.0. The molecule has 2 aromatic carbocycles. The number of fused-ring (bicyclic) bond motifs is 2. The van der Waals surface area contributed by atoms with E-state index in [1.165, 1.54) is 44.5 Å². The Kier molecular flexibility index (Phi) is 7.02.